The first-order valence-corrected chi connectivity index (χ1v) is 6.45. The molecule has 0 aliphatic rings. The molecule has 102 valence electrons. The van der Waals surface area contributed by atoms with Gasteiger partial charge in [-0.15, -0.1) is 5.10 Å². The van der Waals surface area contributed by atoms with Crippen LogP contribution in [0.5, 0.6) is 5.75 Å². The summed E-state index contributed by atoms with van der Waals surface area (Å²) in [4.78, 5) is 0. The Bertz CT molecular complexity index is 551. The second-order valence-corrected chi connectivity index (χ2v) is 4.72. The van der Waals surface area contributed by atoms with Crippen LogP contribution in [-0.2, 0) is 19.6 Å². The Morgan fingerprint density at radius 3 is 2.79 bits per heavy atom. The third-order valence-corrected chi connectivity index (χ3v) is 3.27. The van der Waals surface area contributed by atoms with E-state index in [0.29, 0.717) is 5.56 Å². The number of rotatable bonds is 5. The predicted octanol–water partition coefficient (Wildman–Crippen LogP) is 1.84. The maximum absolute atomic E-state index is 9.56. The van der Waals surface area contributed by atoms with Crippen LogP contribution in [0.3, 0.4) is 0 Å². The molecule has 1 aromatic carbocycles. The summed E-state index contributed by atoms with van der Waals surface area (Å²) in [5.41, 5.74) is 2.59. The number of aliphatic hydroxyl groups is 1. The standard InChI is InChI=1S/C14H19N3O2/c1-3-17-8-13(15-16-17)6-10(2)11-4-5-14(19)12(7-11)9-18/h4-5,7-8,10,18-19H,3,6,9H2,1-2H3. The maximum Gasteiger partial charge on any atom is 0.121 e. The molecular formula is C14H19N3O2. The smallest absolute Gasteiger partial charge is 0.121 e. The Hall–Kier alpha value is -1.88. The van der Waals surface area contributed by atoms with Gasteiger partial charge in [0.2, 0.25) is 0 Å². The molecule has 2 N–H and O–H groups in total. The highest BCUT2D eigenvalue weighted by Gasteiger charge is 2.11. The first-order chi connectivity index (χ1) is 9.13. The van der Waals surface area contributed by atoms with Crippen LogP contribution >= 0.6 is 0 Å². The van der Waals surface area contributed by atoms with Crippen molar-refractivity contribution in [2.45, 2.75) is 39.3 Å². The van der Waals surface area contributed by atoms with Crippen LogP contribution in [0, 0.1) is 0 Å². The summed E-state index contributed by atoms with van der Waals surface area (Å²) in [6, 6.07) is 5.34. The number of hydrogen-bond donors (Lipinski definition) is 2. The second kappa shape index (κ2) is 5.84. The van der Waals surface area contributed by atoms with Gasteiger partial charge in [0.25, 0.3) is 0 Å². The van der Waals surface area contributed by atoms with E-state index in [0.717, 1.165) is 24.2 Å². The third-order valence-electron chi connectivity index (χ3n) is 3.27. The predicted molar refractivity (Wildman–Crippen MR) is 71.8 cm³/mol. The number of hydrogen-bond acceptors (Lipinski definition) is 4. The molecule has 0 aliphatic heterocycles. The van der Waals surface area contributed by atoms with Gasteiger partial charge < -0.3 is 10.2 Å². The molecule has 2 rings (SSSR count). The topological polar surface area (TPSA) is 71.2 Å². The zero-order valence-electron chi connectivity index (χ0n) is 11.2. The van der Waals surface area contributed by atoms with Crippen molar-refractivity contribution < 1.29 is 10.2 Å². The summed E-state index contributed by atoms with van der Waals surface area (Å²) in [6.07, 6.45) is 2.74. The van der Waals surface area contributed by atoms with E-state index in [1.165, 1.54) is 0 Å². The molecule has 1 atom stereocenters. The lowest BCUT2D eigenvalue weighted by molar-refractivity contribution is 0.275. The monoisotopic (exact) mass is 261 g/mol. The summed E-state index contributed by atoms with van der Waals surface area (Å²) in [5.74, 6) is 0.392. The Morgan fingerprint density at radius 2 is 2.16 bits per heavy atom. The molecule has 0 bridgehead atoms. The van der Waals surface area contributed by atoms with Crippen LogP contribution < -0.4 is 0 Å². The number of aromatic hydroxyl groups is 1. The molecule has 0 saturated heterocycles. The lowest BCUT2D eigenvalue weighted by Crippen LogP contribution is -2.00. The van der Waals surface area contributed by atoms with Crippen LogP contribution in [0.2, 0.25) is 0 Å². The van der Waals surface area contributed by atoms with E-state index >= 15 is 0 Å². The number of benzene rings is 1. The summed E-state index contributed by atoms with van der Waals surface area (Å²) in [6.45, 7) is 4.78. The molecule has 0 spiro atoms. The summed E-state index contributed by atoms with van der Waals surface area (Å²) in [5, 5.41) is 26.9. The fourth-order valence-corrected chi connectivity index (χ4v) is 2.06. The maximum atomic E-state index is 9.56. The minimum Gasteiger partial charge on any atom is -0.508 e. The number of aryl methyl sites for hydroxylation is 1. The average Bonchev–Trinajstić information content (AvgIpc) is 2.86. The van der Waals surface area contributed by atoms with Gasteiger partial charge in [-0.05, 0) is 37.0 Å². The molecule has 0 aliphatic carbocycles. The van der Waals surface area contributed by atoms with Crippen molar-refractivity contribution in [3.63, 3.8) is 0 Å². The third kappa shape index (κ3) is 3.12. The molecule has 1 aromatic heterocycles. The Balaban J connectivity index is 2.12. The van der Waals surface area contributed by atoms with Crippen molar-refractivity contribution in [3.8, 4) is 5.75 Å². The Morgan fingerprint density at radius 1 is 1.37 bits per heavy atom. The van der Waals surface area contributed by atoms with Crippen LogP contribution in [0.4, 0.5) is 0 Å². The van der Waals surface area contributed by atoms with Gasteiger partial charge in [-0.3, -0.25) is 4.68 Å². The highest BCUT2D eigenvalue weighted by atomic mass is 16.3. The summed E-state index contributed by atoms with van der Waals surface area (Å²) in [7, 11) is 0. The fourth-order valence-electron chi connectivity index (χ4n) is 2.06. The highest BCUT2D eigenvalue weighted by Crippen LogP contribution is 2.25. The van der Waals surface area contributed by atoms with Gasteiger partial charge in [0.05, 0.1) is 12.3 Å². The van der Waals surface area contributed by atoms with Gasteiger partial charge in [0.1, 0.15) is 5.75 Å². The number of aliphatic hydroxyl groups excluding tert-OH is 1. The molecule has 5 heteroatoms. The lowest BCUT2D eigenvalue weighted by Gasteiger charge is -2.12. The number of aromatic nitrogens is 3. The van der Waals surface area contributed by atoms with Crippen molar-refractivity contribution in [2.24, 2.45) is 0 Å². The quantitative estimate of drug-likeness (QED) is 0.861. The second-order valence-electron chi connectivity index (χ2n) is 4.72. The van der Waals surface area contributed by atoms with Gasteiger partial charge >= 0.3 is 0 Å². The molecule has 0 saturated carbocycles. The molecule has 0 amide bonds. The average molecular weight is 261 g/mol. The highest BCUT2D eigenvalue weighted by molar-refractivity contribution is 5.37. The van der Waals surface area contributed by atoms with Crippen LogP contribution in [0.15, 0.2) is 24.4 Å². The van der Waals surface area contributed by atoms with Crippen molar-refractivity contribution in [1.29, 1.82) is 0 Å². The van der Waals surface area contributed by atoms with E-state index in [2.05, 4.69) is 17.2 Å². The molecule has 1 unspecified atom stereocenters. The van der Waals surface area contributed by atoms with Crippen molar-refractivity contribution in [2.75, 3.05) is 0 Å². The fraction of sp³-hybridized carbons (Fsp3) is 0.429. The largest absolute Gasteiger partial charge is 0.508 e. The Labute approximate surface area is 112 Å². The molecule has 0 radical (unpaired) electrons. The molecule has 0 fully saturated rings. The Kier molecular flexibility index (Phi) is 4.16. The van der Waals surface area contributed by atoms with Gasteiger partial charge in [-0.1, -0.05) is 18.2 Å². The molecule has 19 heavy (non-hydrogen) atoms. The van der Waals surface area contributed by atoms with Gasteiger partial charge in [-0.25, -0.2) is 0 Å². The lowest BCUT2D eigenvalue weighted by atomic mass is 9.95. The van der Waals surface area contributed by atoms with Crippen LogP contribution in [0.1, 0.15) is 36.6 Å². The van der Waals surface area contributed by atoms with E-state index in [1.54, 1.807) is 10.7 Å². The van der Waals surface area contributed by atoms with E-state index in [-0.39, 0.29) is 18.3 Å². The minimum atomic E-state index is -0.154. The zero-order chi connectivity index (χ0) is 13.8. The van der Waals surface area contributed by atoms with E-state index in [4.69, 9.17) is 5.11 Å². The molecule has 2 aromatic rings. The first-order valence-electron chi connectivity index (χ1n) is 6.45. The van der Waals surface area contributed by atoms with Crippen molar-refractivity contribution in [1.82, 2.24) is 15.0 Å². The normalized spacial score (nSPS) is 12.6. The van der Waals surface area contributed by atoms with Crippen molar-refractivity contribution in [3.05, 3.63) is 41.2 Å². The van der Waals surface area contributed by atoms with E-state index in [9.17, 15) is 5.11 Å². The van der Waals surface area contributed by atoms with Crippen molar-refractivity contribution >= 4 is 0 Å². The molecular weight excluding hydrogens is 242 g/mol. The van der Waals surface area contributed by atoms with Crippen LogP contribution in [-0.4, -0.2) is 25.2 Å². The zero-order valence-corrected chi connectivity index (χ0v) is 11.2. The van der Waals surface area contributed by atoms with Crippen LogP contribution in [0.25, 0.3) is 0 Å². The molecule has 1 heterocycles. The molecule has 5 nitrogen and oxygen atoms in total. The minimum absolute atomic E-state index is 0.135. The van der Waals surface area contributed by atoms with Gasteiger partial charge in [0.15, 0.2) is 0 Å². The van der Waals surface area contributed by atoms with Gasteiger partial charge in [0, 0.05) is 18.3 Å². The first kappa shape index (κ1) is 13.5. The summed E-state index contributed by atoms with van der Waals surface area (Å²) < 4.78 is 1.80. The van der Waals surface area contributed by atoms with E-state index < -0.39 is 0 Å². The van der Waals surface area contributed by atoms with E-state index in [1.807, 2.05) is 25.3 Å². The van der Waals surface area contributed by atoms with Gasteiger partial charge in [-0.2, -0.15) is 0 Å². The number of phenols is 1. The SMILES string of the molecule is CCn1cc(CC(C)c2ccc(O)c(CO)c2)nn1. The summed E-state index contributed by atoms with van der Waals surface area (Å²) >= 11 is 0. The number of nitrogens with zero attached hydrogens (tertiary/aromatic N) is 3.